The Kier molecular flexibility index (Phi) is 8.18. The zero-order chi connectivity index (χ0) is 31.8. The molecule has 2 aromatic carbocycles. The number of allylic oxidation sites excluding steroid dienone is 2. The van der Waals surface area contributed by atoms with Crippen LogP contribution in [-0.4, -0.2) is 58.8 Å². The van der Waals surface area contributed by atoms with Gasteiger partial charge in [0.05, 0.1) is 29.0 Å². The number of para-hydroxylation sites is 1. The van der Waals surface area contributed by atoms with E-state index in [1.54, 1.807) is 22.1 Å². The Morgan fingerprint density at radius 3 is 2.54 bits per heavy atom. The molecule has 0 atom stereocenters. The molecule has 0 saturated carbocycles. The van der Waals surface area contributed by atoms with E-state index in [-0.39, 0.29) is 17.8 Å². The standard InChI is InChI=1S/C35H36N6O4S/c1-22-20-25(45-24-10-5-3-6-11-24)13-14-27(22)41-28-15-16-36-34-30(28)31(38-35(41)44)32(46-34)33(43)37-26-12-9-19-40(23(26)2)29(42)21-39-17-7-4-8-18-39/h3,5-6,10-11,13-16,20H,4,7-9,12,17-19,21H2,1-2H3,(H,37,43)(H,38,44). The van der Waals surface area contributed by atoms with Crippen molar-refractivity contribution < 1.29 is 19.1 Å². The fourth-order valence-electron chi connectivity index (χ4n) is 6.53. The maximum atomic E-state index is 13.8. The van der Waals surface area contributed by atoms with Crippen molar-refractivity contribution in [2.75, 3.05) is 36.4 Å². The molecule has 1 saturated heterocycles. The molecule has 0 bridgehead atoms. The van der Waals surface area contributed by atoms with Gasteiger partial charge in [0, 0.05) is 24.1 Å². The zero-order valence-corrected chi connectivity index (χ0v) is 26.8. The monoisotopic (exact) mass is 636 g/mol. The molecule has 3 aliphatic rings. The molecule has 2 aromatic heterocycles. The number of rotatable bonds is 7. The summed E-state index contributed by atoms with van der Waals surface area (Å²) in [6, 6.07) is 16.6. The first kappa shape index (κ1) is 29.9. The van der Waals surface area contributed by atoms with E-state index in [1.807, 2.05) is 62.4 Å². The Labute approximate surface area is 271 Å². The average molecular weight is 637 g/mol. The van der Waals surface area contributed by atoms with Crippen LogP contribution in [0.15, 0.2) is 72.2 Å². The number of aryl methyl sites for hydroxylation is 1. The predicted octanol–water partition coefficient (Wildman–Crippen LogP) is 7.15. The van der Waals surface area contributed by atoms with Gasteiger partial charge >= 0.3 is 6.03 Å². The molecule has 3 aliphatic heterocycles. The average Bonchev–Trinajstić information content (AvgIpc) is 3.43. The molecule has 236 valence electrons. The highest BCUT2D eigenvalue weighted by molar-refractivity contribution is 7.21. The van der Waals surface area contributed by atoms with Crippen molar-refractivity contribution >= 4 is 56.5 Å². The van der Waals surface area contributed by atoms with Gasteiger partial charge in [0.2, 0.25) is 5.91 Å². The maximum absolute atomic E-state index is 13.8. The van der Waals surface area contributed by atoms with Crippen LogP contribution in [0.1, 0.15) is 54.3 Å². The summed E-state index contributed by atoms with van der Waals surface area (Å²) in [5.74, 6) is 1.14. The van der Waals surface area contributed by atoms with E-state index in [0.29, 0.717) is 57.4 Å². The van der Waals surface area contributed by atoms with Crippen molar-refractivity contribution in [2.45, 2.75) is 46.0 Å². The summed E-state index contributed by atoms with van der Waals surface area (Å²) in [5.41, 5.74) is 4.17. The number of carbonyl (C=O) groups excluding carboxylic acids is 3. The number of aromatic nitrogens is 1. The summed E-state index contributed by atoms with van der Waals surface area (Å²) in [5, 5.41) is 6.78. The van der Waals surface area contributed by atoms with Crippen molar-refractivity contribution in [3.63, 3.8) is 0 Å². The van der Waals surface area contributed by atoms with Crippen LogP contribution in [0.3, 0.4) is 0 Å². The lowest BCUT2D eigenvalue weighted by Crippen LogP contribution is -2.44. The number of pyridine rings is 1. The van der Waals surface area contributed by atoms with Gasteiger partial charge in [-0.05, 0) is 94.6 Å². The lowest BCUT2D eigenvalue weighted by Gasteiger charge is -2.33. The Bertz CT molecular complexity index is 1860. The minimum atomic E-state index is -0.366. The van der Waals surface area contributed by atoms with Gasteiger partial charge in [-0.2, -0.15) is 0 Å². The van der Waals surface area contributed by atoms with Crippen LogP contribution in [0, 0.1) is 6.92 Å². The number of hydrogen-bond acceptors (Lipinski definition) is 7. The normalized spacial score (nSPS) is 16.9. The smallest absolute Gasteiger partial charge is 0.331 e. The number of anilines is 3. The summed E-state index contributed by atoms with van der Waals surface area (Å²) in [4.78, 5) is 51.9. The molecule has 10 nitrogen and oxygen atoms in total. The van der Waals surface area contributed by atoms with E-state index in [0.717, 1.165) is 55.1 Å². The summed E-state index contributed by atoms with van der Waals surface area (Å²) >= 11 is 1.24. The number of benzene rings is 2. The van der Waals surface area contributed by atoms with E-state index >= 15 is 0 Å². The number of urea groups is 1. The SMILES string of the molecule is CC1=C(NC(=O)c2sc3nccc4c3c2NC(=O)N4c2ccc(Oc3ccccc3)cc2C)CCCN1C(=O)CN1CCCCC1. The van der Waals surface area contributed by atoms with E-state index in [4.69, 9.17) is 4.74 Å². The van der Waals surface area contributed by atoms with Gasteiger partial charge in [-0.1, -0.05) is 24.6 Å². The fraction of sp³-hybridized carbons (Fsp3) is 0.314. The van der Waals surface area contributed by atoms with E-state index < -0.39 is 0 Å². The van der Waals surface area contributed by atoms with Crippen LogP contribution in [-0.2, 0) is 4.79 Å². The highest BCUT2D eigenvalue weighted by Gasteiger charge is 2.34. The highest BCUT2D eigenvalue weighted by Crippen LogP contribution is 2.46. The quantitative estimate of drug-likeness (QED) is 0.223. The summed E-state index contributed by atoms with van der Waals surface area (Å²) < 4.78 is 6.00. The molecule has 0 radical (unpaired) electrons. The summed E-state index contributed by atoms with van der Waals surface area (Å²) in [6.45, 7) is 6.78. The number of hydrogen-bond donors (Lipinski definition) is 2. The third-order valence-corrected chi connectivity index (χ3v) is 9.96. The lowest BCUT2D eigenvalue weighted by molar-refractivity contribution is -0.131. The molecule has 1 fully saturated rings. The van der Waals surface area contributed by atoms with Gasteiger partial charge in [0.25, 0.3) is 5.91 Å². The summed E-state index contributed by atoms with van der Waals surface area (Å²) in [6.07, 6.45) is 6.56. The number of nitrogens with zero attached hydrogens (tertiary/aromatic N) is 4. The number of likely N-dealkylation sites (tertiary alicyclic amines) is 1. The molecule has 4 aromatic rings. The van der Waals surface area contributed by atoms with Gasteiger partial charge in [-0.25, -0.2) is 9.78 Å². The number of thiophene rings is 1. The number of amides is 4. The predicted molar refractivity (Wildman–Crippen MR) is 180 cm³/mol. The molecule has 7 rings (SSSR count). The Morgan fingerprint density at radius 2 is 1.76 bits per heavy atom. The molecular weight excluding hydrogens is 600 g/mol. The second kappa shape index (κ2) is 12.6. The zero-order valence-electron chi connectivity index (χ0n) is 26.0. The molecule has 4 amide bonds. The Hall–Kier alpha value is -4.74. The third kappa shape index (κ3) is 5.72. The van der Waals surface area contributed by atoms with Gasteiger partial charge in [0.1, 0.15) is 21.2 Å². The number of ether oxygens (including phenoxy) is 1. The van der Waals surface area contributed by atoms with Crippen LogP contribution in [0.4, 0.5) is 21.9 Å². The van der Waals surface area contributed by atoms with Crippen LogP contribution in [0.5, 0.6) is 11.5 Å². The third-order valence-electron chi connectivity index (χ3n) is 8.86. The first-order valence-electron chi connectivity index (χ1n) is 15.8. The van der Waals surface area contributed by atoms with Gasteiger partial charge in [-0.3, -0.25) is 19.4 Å². The maximum Gasteiger partial charge on any atom is 0.331 e. The van der Waals surface area contributed by atoms with E-state index in [2.05, 4.69) is 20.5 Å². The van der Waals surface area contributed by atoms with Crippen LogP contribution < -0.4 is 20.3 Å². The number of carbonyl (C=O) groups is 3. The topological polar surface area (TPSA) is 107 Å². The molecule has 11 heteroatoms. The van der Waals surface area contributed by atoms with Crippen molar-refractivity contribution in [3.8, 4) is 11.5 Å². The van der Waals surface area contributed by atoms with Crippen molar-refractivity contribution in [1.82, 2.24) is 20.1 Å². The van der Waals surface area contributed by atoms with Crippen LogP contribution in [0.2, 0.25) is 0 Å². The van der Waals surface area contributed by atoms with E-state index in [9.17, 15) is 14.4 Å². The van der Waals surface area contributed by atoms with E-state index in [1.165, 1.54) is 17.8 Å². The lowest BCUT2D eigenvalue weighted by atomic mass is 10.1. The van der Waals surface area contributed by atoms with Gasteiger partial charge in [0.15, 0.2) is 0 Å². The first-order chi connectivity index (χ1) is 22.4. The molecule has 5 heterocycles. The van der Waals surface area contributed by atoms with Crippen molar-refractivity contribution in [3.05, 3.63) is 82.6 Å². The number of nitrogens with one attached hydrogen (secondary N) is 2. The Balaban J connectivity index is 1.14. The molecular formula is C35H36N6O4S. The van der Waals surface area contributed by atoms with Crippen LogP contribution >= 0.6 is 11.3 Å². The summed E-state index contributed by atoms with van der Waals surface area (Å²) in [7, 11) is 0. The van der Waals surface area contributed by atoms with Crippen molar-refractivity contribution in [2.24, 2.45) is 0 Å². The fourth-order valence-corrected chi connectivity index (χ4v) is 7.54. The second-order valence-electron chi connectivity index (χ2n) is 11.9. The Morgan fingerprint density at radius 1 is 0.957 bits per heavy atom. The second-order valence-corrected chi connectivity index (χ2v) is 12.9. The molecule has 46 heavy (non-hydrogen) atoms. The van der Waals surface area contributed by atoms with Crippen LogP contribution in [0.25, 0.3) is 10.2 Å². The minimum Gasteiger partial charge on any atom is -0.457 e. The number of piperidine rings is 1. The highest BCUT2D eigenvalue weighted by atomic mass is 32.1. The molecule has 0 aliphatic carbocycles. The molecule has 0 spiro atoms. The first-order valence-corrected chi connectivity index (χ1v) is 16.6. The largest absolute Gasteiger partial charge is 0.457 e. The molecule has 2 N–H and O–H groups in total. The minimum absolute atomic E-state index is 0.0685. The van der Waals surface area contributed by atoms with Gasteiger partial charge < -0.3 is 20.3 Å². The molecule has 0 unspecified atom stereocenters. The van der Waals surface area contributed by atoms with Crippen molar-refractivity contribution in [1.29, 1.82) is 0 Å². The van der Waals surface area contributed by atoms with Gasteiger partial charge in [-0.15, -0.1) is 11.3 Å².